The first-order valence-corrected chi connectivity index (χ1v) is 9.34. The van der Waals surface area contributed by atoms with E-state index in [0.717, 1.165) is 0 Å². The highest BCUT2D eigenvalue weighted by Gasteiger charge is 2.29. The Balaban J connectivity index is 1.80. The molecule has 0 aliphatic carbocycles. The Labute approximate surface area is 135 Å². The Morgan fingerprint density at radius 3 is 2.68 bits per heavy atom. The highest BCUT2D eigenvalue weighted by Crippen LogP contribution is 2.36. The Hall–Kier alpha value is -1.09. The van der Waals surface area contributed by atoms with Crippen LogP contribution in [-0.4, -0.2) is 36.1 Å². The largest absolute Gasteiger partial charge is 0.356 e. The monoisotopic (exact) mass is 301 g/mol. The van der Waals surface area contributed by atoms with Crippen molar-refractivity contribution in [3.63, 3.8) is 0 Å². The first kappa shape index (κ1) is 15.8. The third-order valence-corrected chi connectivity index (χ3v) is 5.24. The molecular formula is C19H31N3. The minimum Gasteiger partial charge on any atom is -0.356 e. The molecule has 3 nitrogen and oxygen atoms in total. The van der Waals surface area contributed by atoms with Crippen LogP contribution < -0.4 is 4.90 Å². The summed E-state index contributed by atoms with van der Waals surface area (Å²) in [6.07, 6.45) is 12.6. The number of rotatable bonds is 5. The van der Waals surface area contributed by atoms with Crippen LogP contribution in [0.3, 0.4) is 0 Å². The zero-order chi connectivity index (χ0) is 15.2. The molecule has 0 saturated carbocycles. The number of nitrogens with zero attached hydrogens (tertiary/aromatic N) is 3. The lowest BCUT2D eigenvalue weighted by Gasteiger charge is -2.30. The number of aromatic nitrogens is 1. The van der Waals surface area contributed by atoms with Crippen molar-refractivity contribution in [1.29, 1.82) is 0 Å². The Bertz CT molecular complexity index is 452. The molecule has 122 valence electrons. The van der Waals surface area contributed by atoms with E-state index < -0.39 is 0 Å². The minimum atomic E-state index is 0.596. The third-order valence-electron chi connectivity index (χ3n) is 5.24. The molecule has 2 aliphatic rings. The van der Waals surface area contributed by atoms with Gasteiger partial charge in [-0.15, -0.1) is 0 Å². The number of unbranched alkanes of at least 4 members (excludes halogenated alkanes) is 1. The van der Waals surface area contributed by atoms with E-state index in [1.807, 2.05) is 6.20 Å². The maximum Gasteiger partial charge on any atom is 0.133 e. The first-order valence-electron chi connectivity index (χ1n) is 9.34. The molecule has 0 amide bonds. The van der Waals surface area contributed by atoms with Crippen molar-refractivity contribution in [2.75, 3.05) is 31.1 Å². The van der Waals surface area contributed by atoms with Crippen LogP contribution in [0, 0.1) is 0 Å². The maximum atomic E-state index is 4.80. The van der Waals surface area contributed by atoms with Crippen molar-refractivity contribution in [1.82, 2.24) is 9.88 Å². The molecule has 0 radical (unpaired) electrons. The summed E-state index contributed by atoms with van der Waals surface area (Å²) in [5.41, 5.74) is 1.48. The second-order valence-corrected chi connectivity index (χ2v) is 6.87. The predicted octanol–water partition coefficient (Wildman–Crippen LogP) is 4.40. The molecule has 2 aliphatic heterocycles. The quantitative estimate of drug-likeness (QED) is 0.803. The van der Waals surface area contributed by atoms with E-state index >= 15 is 0 Å². The summed E-state index contributed by atoms with van der Waals surface area (Å²) in [7, 11) is 0. The summed E-state index contributed by atoms with van der Waals surface area (Å²) in [5, 5.41) is 0. The summed E-state index contributed by atoms with van der Waals surface area (Å²) in [5.74, 6) is 1.28. The van der Waals surface area contributed by atoms with E-state index in [1.165, 1.54) is 88.9 Å². The summed E-state index contributed by atoms with van der Waals surface area (Å²) in [6, 6.07) is 5.06. The van der Waals surface area contributed by atoms with Crippen LogP contribution in [0.2, 0.25) is 0 Å². The van der Waals surface area contributed by atoms with Crippen LogP contribution in [0.1, 0.15) is 69.9 Å². The SMILES string of the molecule is CCCCN1CCC[C@H]1c1cccnc1N1CCCCCC1. The van der Waals surface area contributed by atoms with Crippen LogP contribution in [0.4, 0.5) is 5.82 Å². The number of hydrogen-bond donors (Lipinski definition) is 0. The molecule has 0 bridgehead atoms. The molecule has 2 saturated heterocycles. The Morgan fingerprint density at radius 2 is 1.91 bits per heavy atom. The molecule has 0 N–H and O–H groups in total. The average molecular weight is 301 g/mol. The van der Waals surface area contributed by atoms with E-state index in [9.17, 15) is 0 Å². The lowest BCUT2D eigenvalue weighted by atomic mass is 10.0. The van der Waals surface area contributed by atoms with Gasteiger partial charge >= 0.3 is 0 Å². The molecule has 1 aromatic heterocycles. The molecule has 0 unspecified atom stereocenters. The standard InChI is InChI=1S/C19H31N3/c1-2-3-13-21-16-9-11-18(21)17-10-8-12-20-19(17)22-14-6-4-5-7-15-22/h8,10,12,18H,2-7,9,11,13-16H2,1H3/t18-/m0/s1. The third kappa shape index (κ3) is 3.62. The highest BCUT2D eigenvalue weighted by atomic mass is 15.2. The smallest absolute Gasteiger partial charge is 0.133 e. The maximum absolute atomic E-state index is 4.80. The zero-order valence-electron chi connectivity index (χ0n) is 14.1. The van der Waals surface area contributed by atoms with E-state index in [1.54, 1.807) is 0 Å². The van der Waals surface area contributed by atoms with Crippen LogP contribution in [0.25, 0.3) is 0 Å². The van der Waals surface area contributed by atoms with Gasteiger partial charge in [0.25, 0.3) is 0 Å². The van der Waals surface area contributed by atoms with Crippen LogP contribution in [-0.2, 0) is 0 Å². The van der Waals surface area contributed by atoms with Gasteiger partial charge in [-0.25, -0.2) is 4.98 Å². The van der Waals surface area contributed by atoms with Crippen molar-refractivity contribution < 1.29 is 0 Å². The number of anilines is 1. The number of likely N-dealkylation sites (tertiary alicyclic amines) is 1. The average Bonchev–Trinajstić information content (AvgIpc) is 2.85. The van der Waals surface area contributed by atoms with E-state index in [0.29, 0.717) is 6.04 Å². The zero-order valence-corrected chi connectivity index (χ0v) is 14.1. The van der Waals surface area contributed by atoms with Crippen LogP contribution in [0.15, 0.2) is 18.3 Å². The van der Waals surface area contributed by atoms with Gasteiger partial charge in [-0.2, -0.15) is 0 Å². The fourth-order valence-corrected chi connectivity index (χ4v) is 4.02. The molecule has 3 heteroatoms. The Kier molecular flexibility index (Phi) is 5.71. The second kappa shape index (κ2) is 7.96. The second-order valence-electron chi connectivity index (χ2n) is 6.87. The van der Waals surface area contributed by atoms with Gasteiger partial charge < -0.3 is 4.90 Å². The summed E-state index contributed by atoms with van der Waals surface area (Å²) in [6.45, 7) is 7.17. The molecular weight excluding hydrogens is 270 g/mol. The highest BCUT2D eigenvalue weighted by molar-refractivity contribution is 5.49. The molecule has 0 aromatic carbocycles. The van der Waals surface area contributed by atoms with Crippen molar-refractivity contribution >= 4 is 5.82 Å². The molecule has 2 fully saturated rings. The van der Waals surface area contributed by atoms with Crippen molar-refractivity contribution in [2.24, 2.45) is 0 Å². The minimum absolute atomic E-state index is 0.596. The van der Waals surface area contributed by atoms with Gasteiger partial charge in [0.05, 0.1) is 0 Å². The predicted molar refractivity (Wildman–Crippen MR) is 93.4 cm³/mol. The van der Waals surface area contributed by atoms with Crippen molar-refractivity contribution in [3.05, 3.63) is 23.9 Å². The fraction of sp³-hybridized carbons (Fsp3) is 0.737. The van der Waals surface area contributed by atoms with Gasteiger partial charge in [-0.3, -0.25) is 4.90 Å². The number of hydrogen-bond acceptors (Lipinski definition) is 3. The van der Waals surface area contributed by atoms with Gasteiger partial charge in [0.1, 0.15) is 5.82 Å². The van der Waals surface area contributed by atoms with E-state index in [4.69, 9.17) is 4.98 Å². The fourth-order valence-electron chi connectivity index (χ4n) is 4.02. The van der Waals surface area contributed by atoms with Crippen LogP contribution >= 0.6 is 0 Å². The van der Waals surface area contributed by atoms with Gasteiger partial charge in [-0.05, 0) is 51.3 Å². The first-order chi connectivity index (χ1) is 10.9. The Morgan fingerprint density at radius 1 is 1.09 bits per heavy atom. The van der Waals surface area contributed by atoms with Crippen molar-refractivity contribution in [2.45, 2.75) is 64.3 Å². The molecule has 3 heterocycles. The number of pyridine rings is 1. The van der Waals surface area contributed by atoms with Crippen molar-refractivity contribution in [3.8, 4) is 0 Å². The topological polar surface area (TPSA) is 19.4 Å². The lowest BCUT2D eigenvalue weighted by molar-refractivity contribution is 0.253. The van der Waals surface area contributed by atoms with E-state index in [2.05, 4.69) is 28.9 Å². The van der Waals surface area contributed by atoms with Gasteiger partial charge in [0.2, 0.25) is 0 Å². The van der Waals surface area contributed by atoms with E-state index in [-0.39, 0.29) is 0 Å². The van der Waals surface area contributed by atoms with Gasteiger partial charge in [0, 0.05) is 30.9 Å². The normalized spacial score (nSPS) is 23.7. The molecule has 1 aromatic rings. The molecule has 3 rings (SSSR count). The summed E-state index contributed by atoms with van der Waals surface area (Å²) in [4.78, 5) is 10.1. The summed E-state index contributed by atoms with van der Waals surface area (Å²) >= 11 is 0. The molecule has 22 heavy (non-hydrogen) atoms. The molecule has 0 spiro atoms. The van der Waals surface area contributed by atoms with Gasteiger partial charge in [-0.1, -0.05) is 32.3 Å². The van der Waals surface area contributed by atoms with Crippen LogP contribution in [0.5, 0.6) is 0 Å². The van der Waals surface area contributed by atoms with Gasteiger partial charge in [0.15, 0.2) is 0 Å². The molecule has 1 atom stereocenters. The summed E-state index contributed by atoms with van der Waals surface area (Å²) < 4.78 is 0. The lowest BCUT2D eigenvalue weighted by Crippen LogP contribution is -2.30.